The maximum atomic E-state index is 14.3. The minimum Gasteiger partial charge on any atom is -0.495 e. The van der Waals surface area contributed by atoms with E-state index in [-0.39, 0.29) is 29.6 Å². The number of para-hydroxylation sites is 2. The zero-order valence-electron chi connectivity index (χ0n) is 17.7. The SMILES string of the molecule is COc1ccccc1-n1c(=O)n(C2CCCC2)c(=O)c2c1ncn2Cc1ccccc1F. The quantitative estimate of drug-likeness (QED) is 0.481. The summed E-state index contributed by atoms with van der Waals surface area (Å²) in [4.78, 5) is 31.7. The lowest BCUT2D eigenvalue weighted by Crippen LogP contribution is -2.42. The van der Waals surface area contributed by atoms with Gasteiger partial charge in [0, 0.05) is 11.6 Å². The third-order valence-electron chi connectivity index (χ3n) is 6.16. The smallest absolute Gasteiger partial charge is 0.337 e. The molecule has 0 spiro atoms. The number of methoxy groups -OCH3 is 1. The first-order valence-electron chi connectivity index (χ1n) is 10.7. The van der Waals surface area contributed by atoms with E-state index >= 15 is 0 Å². The molecule has 0 radical (unpaired) electrons. The standard InChI is InChI=1S/C24H23FN4O3/c1-32-20-13-7-6-12-19(20)29-22-21(23(30)28(24(29)31)17-9-3-4-10-17)27(15-26-22)14-16-8-2-5-11-18(16)25/h2,5-8,11-13,15,17H,3-4,9-10,14H2,1H3. The maximum Gasteiger partial charge on any atom is 0.337 e. The van der Waals surface area contributed by atoms with Crippen LogP contribution in [0.5, 0.6) is 5.75 Å². The fourth-order valence-electron chi connectivity index (χ4n) is 4.60. The molecule has 7 nitrogen and oxygen atoms in total. The van der Waals surface area contributed by atoms with E-state index in [9.17, 15) is 14.0 Å². The van der Waals surface area contributed by atoms with Gasteiger partial charge in [-0.3, -0.25) is 9.36 Å². The average molecular weight is 434 g/mol. The molecule has 0 aliphatic heterocycles. The predicted molar refractivity (Wildman–Crippen MR) is 119 cm³/mol. The summed E-state index contributed by atoms with van der Waals surface area (Å²) >= 11 is 0. The Morgan fingerprint density at radius 3 is 2.53 bits per heavy atom. The number of hydrogen-bond acceptors (Lipinski definition) is 4. The number of hydrogen-bond donors (Lipinski definition) is 0. The monoisotopic (exact) mass is 434 g/mol. The molecule has 1 aliphatic carbocycles. The van der Waals surface area contributed by atoms with Crippen molar-refractivity contribution in [2.24, 2.45) is 0 Å². The van der Waals surface area contributed by atoms with Gasteiger partial charge in [0.1, 0.15) is 11.6 Å². The van der Waals surface area contributed by atoms with Crippen LogP contribution in [0.25, 0.3) is 16.9 Å². The van der Waals surface area contributed by atoms with Crippen molar-refractivity contribution in [3.05, 3.63) is 87.1 Å². The van der Waals surface area contributed by atoms with Crippen LogP contribution >= 0.6 is 0 Å². The molecule has 2 heterocycles. The zero-order valence-corrected chi connectivity index (χ0v) is 17.7. The Hall–Kier alpha value is -3.68. The molecule has 164 valence electrons. The highest BCUT2D eigenvalue weighted by Crippen LogP contribution is 2.29. The summed E-state index contributed by atoms with van der Waals surface area (Å²) in [6.07, 6.45) is 4.97. The number of ether oxygens (including phenoxy) is 1. The van der Waals surface area contributed by atoms with Crippen LogP contribution in [-0.2, 0) is 6.54 Å². The van der Waals surface area contributed by atoms with Crippen molar-refractivity contribution in [3.8, 4) is 11.4 Å². The fraction of sp³-hybridized carbons (Fsp3) is 0.292. The first-order chi connectivity index (χ1) is 15.6. The van der Waals surface area contributed by atoms with Crippen molar-refractivity contribution in [1.29, 1.82) is 0 Å². The third-order valence-corrected chi connectivity index (χ3v) is 6.16. The van der Waals surface area contributed by atoms with Crippen molar-refractivity contribution in [2.75, 3.05) is 7.11 Å². The predicted octanol–water partition coefficient (Wildman–Crippen LogP) is 3.66. The molecule has 4 aromatic rings. The highest BCUT2D eigenvalue weighted by atomic mass is 19.1. The van der Waals surface area contributed by atoms with Crippen molar-refractivity contribution >= 4 is 11.2 Å². The Balaban J connectivity index is 1.82. The highest BCUT2D eigenvalue weighted by Gasteiger charge is 2.27. The average Bonchev–Trinajstić information content (AvgIpc) is 3.47. The number of rotatable bonds is 5. The molecule has 0 saturated heterocycles. The Morgan fingerprint density at radius 1 is 1.06 bits per heavy atom. The Labute approximate surface area is 183 Å². The summed E-state index contributed by atoms with van der Waals surface area (Å²) in [7, 11) is 1.53. The summed E-state index contributed by atoms with van der Waals surface area (Å²) in [5.74, 6) is 0.139. The van der Waals surface area contributed by atoms with E-state index in [1.165, 1.54) is 28.6 Å². The molecule has 2 aromatic carbocycles. The summed E-state index contributed by atoms with van der Waals surface area (Å²) in [5, 5.41) is 0. The van der Waals surface area contributed by atoms with Gasteiger partial charge in [-0.15, -0.1) is 0 Å². The minimum absolute atomic E-state index is 0.132. The van der Waals surface area contributed by atoms with E-state index in [1.807, 2.05) is 6.07 Å². The lowest BCUT2D eigenvalue weighted by molar-refractivity contribution is 0.411. The van der Waals surface area contributed by atoms with Crippen molar-refractivity contribution < 1.29 is 9.13 Å². The Bertz CT molecular complexity index is 1410. The van der Waals surface area contributed by atoms with Crippen LogP contribution in [0.4, 0.5) is 4.39 Å². The Morgan fingerprint density at radius 2 is 1.78 bits per heavy atom. The van der Waals surface area contributed by atoms with Crippen LogP contribution in [0.15, 0.2) is 64.4 Å². The van der Waals surface area contributed by atoms with Gasteiger partial charge in [-0.05, 0) is 31.0 Å². The van der Waals surface area contributed by atoms with Gasteiger partial charge in [-0.1, -0.05) is 43.2 Å². The van der Waals surface area contributed by atoms with Crippen LogP contribution < -0.4 is 16.0 Å². The van der Waals surface area contributed by atoms with Crippen LogP contribution in [0, 0.1) is 5.82 Å². The number of halogens is 1. The molecule has 1 aliphatic rings. The van der Waals surface area contributed by atoms with Crippen molar-refractivity contribution in [3.63, 3.8) is 0 Å². The van der Waals surface area contributed by atoms with E-state index in [1.54, 1.807) is 41.0 Å². The van der Waals surface area contributed by atoms with Gasteiger partial charge in [-0.2, -0.15) is 0 Å². The fourth-order valence-corrected chi connectivity index (χ4v) is 4.60. The van der Waals surface area contributed by atoms with Gasteiger partial charge >= 0.3 is 5.69 Å². The highest BCUT2D eigenvalue weighted by molar-refractivity contribution is 5.73. The zero-order chi connectivity index (χ0) is 22.2. The largest absolute Gasteiger partial charge is 0.495 e. The molecule has 2 aromatic heterocycles. The summed E-state index contributed by atoms with van der Waals surface area (Å²) < 4.78 is 24.2. The van der Waals surface area contributed by atoms with Gasteiger partial charge in [0.15, 0.2) is 11.2 Å². The number of aromatic nitrogens is 4. The molecule has 0 amide bonds. The number of benzene rings is 2. The van der Waals surface area contributed by atoms with Crippen LogP contribution in [0.2, 0.25) is 0 Å². The van der Waals surface area contributed by atoms with Gasteiger partial charge in [0.05, 0.1) is 25.7 Å². The summed E-state index contributed by atoms with van der Waals surface area (Å²) in [6, 6.07) is 13.4. The molecule has 1 fully saturated rings. The Kier molecular flexibility index (Phi) is 5.13. The molecule has 0 atom stereocenters. The molecule has 0 unspecified atom stereocenters. The normalized spacial score (nSPS) is 14.3. The first kappa shape index (κ1) is 20.2. The van der Waals surface area contributed by atoms with E-state index in [2.05, 4.69) is 4.98 Å². The van der Waals surface area contributed by atoms with Crippen molar-refractivity contribution in [2.45, 2.75) is 38.3 Å². The van der Waals surface area contributed by atoms with E-state index in [0.717, 1.165) is 25.7 Å². The summed E-state index contributed by atoms with van der Waals surface area (Å²) in [5.41, 5.74) is 0.620. The molecule has 5 rings (SSSR count). The maximum absolute atomic E-state index is 14.3. The van der Waals surface area contributed by atoms with Gasteiger partial charge in [0.25, 0.3) is 5.56 Å². The number of fused-ring (bicyclic) bond motifs is 1. The van der Waals surface area contributed by atoms with E-state index < -0.39 is 11.2 Å². The molecule has 0 N–H and O–H groups in total. The van der Waals surface area contributed by atoms with E-state index in [0.29, 0.717) is 17.0 Å². The lowest BCUT2D eigenvalue weighted by Gasteiger charge is -2.18. The second-order valence-electron chi connectivity index (χ2n) is 8.04. The molecule has 32 heavy (non-hydrogen) atoms. The number of nitrogens with zero attached hydrogens (tertiary/aromatic N) is 4. The van der Waals surface area contributed by atoms with Crippen LogP contribution in [0.3, 0.4) is 0 Å². The van der Waals surface area contributed by atoms with Gasteiger partial charge in [0.2, 0.25) is 0 Å². The van der Waals surface area contributed by atoms with Gasteiger partial charge < -0.3 is 9.30 Å². The molecule has 8 heteroatoms. The van der Waals surface area contributed by atoms with E-state index in [4.69, 9.17) is 4.74 Å². The third kappa shape index (κ3) is 3.23. The van der Waals surface area contributed by atoms with Crippen LogP contribution in [-0.4, -0.2) is 25.8 Å². The van der Waals surface area contributed by atoms with Crippen LogP contribution in [0.1, 0.15) is 37.3 Å². The second kappa shape index (κ2) is 8.11. The topological polar surface area (TPSA) is 71.1 Å². The summed E-state index contributed by atoms with van der Waals surface area (Å²) in [6.45, 7) is 0.132. The molecular formula is C24H23FN4O3. The lowest BCUT2D eigenvalue weighted by atomic mass is 10.2. The van der Waals surface area contributed by atoms with Gasteiger partial charge in [-0.25, -0.2) is 18.7 Å². The molecule has 1 saturated carbocycles. The minimum atomic E-state index is -0.435. The molecular weight excluding hydrogens is 411 g/mol. The second-order valence-corrected chi connectivity index (χ2v) is 8.04. The molecule has 0 bridgehead atoms. The number of imidazole rings is 1. The van der Waals surface area contributed by atoms with Crippen molar-refractivity contribution in [1.82, 2.24) is 18.7 Å². The first-order valence-corrected chi connectivity index (χ1v) is 10.7.